The van der Waals surface area contributed by atoms with Crippen molar-refractivity contribution < 1.29 is 22.4 Å². The van der Waals surface area contributed by atoms with Crippen LogP contribution in [0.15, 0.2) is 59.3 Å². The van der Waals surface area contributed by atoms with Crippen molar-refractivity contribution in [2.24, 2.45) is 0 Å². The first kappa shape index (κ1) is 17.8. The average Bonchev–Trinajstić information content (AvgIpc) is 3.31. The van der Waals surface area contributed by atoms with Gasteiger partial charge in [0.1, 0.15) is 17.0 Å². The molecule has 142 valence electrons. The number of furan rings is 1. The van der Waals surface area contributed by atoms with Gasteiger partial charge in [0.05, 0.1) is 12.5 Å². The van der Waals surface area contributed by atoms with E-state index in [1.165, 1.54) is 17.6 Å². The van der Waals surface area contributed by atoms with Crippen LogP contribution in [-0.4, -0.2) is 20.5 Å². The van der Waals surface area contributed by atoms with Crippen LogP contribution in [0.25, 0.3) is 17.0 Å². The molecule has 6 nitrogen and oxygen atoms in total. The Hall–Kier alpha value is -3.62. The first-order valence-electron chi connectivity index (χ1n) is 8.21. The lowest BCUT2D eigenvalue weighted by Crippen LogP contribution is -2.14. The summed E-state index contributed by atoms with van der Waals surface area (Å²) in [6, 6.07) is 11.3. The van der Waals surface area contributed by atoms with Crippen molar-refractivity contribution in [2.75, 3.05) is 5.32 Å². The van der Waals surface area contributed by atoms with Gasteiger partial charge in [-0.25, -0.2) is 9.50 Å². The van der Waals surface area contributed by atoms with Crippen LogP contribution in [0.3, 0.4) is 0 Å². The number of amides is 1. The van der Waals surface area contributed by atoms with E-state index in [-0.39, 0.29) is 16.9 Å². The van der Waals surface area contributed by atoms with E-state index >= 15 is 0 Å². The number of benzene rings is 1. The standard InChI is InChI=1S/C19H13F3N4O2/c1-11-9-16(19(20,21)22)25-17-14(10-23-26(11)17)18(27)24-13-6-4-12(5-7-13)15-3-2-8-28-15/h2-10H,1H3,(H,24,27). The highest BCUT2D eigenvalue weighted by Gasteiger charge is 2.34. The van der Waals surface area contributed by atoms with E-state index in [2.05, 4.69) is 15.4 Å². The lowest BCUT2D eigenvalue weighted by atomic mass is 10.1. The molecule has 4 aromatic rings. The topological polar surface area (TPSA) is 72.4 Å². The van der Waals surface area contributed by atoms with Gasteiger partial charge in [-0.3, -0.25) is 4.79 Å². The highest BCUT2D eigenvalue weighted by atomic mass is 19.4. The number of aromatic nitrogens is 3. The molecule has 3 aromatic heterocycles. The van der Waals surface area contributed by atoms with Gasteiger partial charge in [-0.1, -0.05) is 0 Å². The Labute approximate surface area is 156 Å². The Balaban J connectivity index is 1.63. The van der Waals surface area contributed by atoms with Crippen LogP contribution in [0.4, 0.5) is 18.9 Å². The monoisotopic (exact) mass is 386 g/mol. The number of hydrogen-bond donors (Lipinski definition) is 1. The average molecular weight is 386 g/mol. The maximum Gasteiger partial charge on any atom is 0.433 e. The highest BCUT2D eigenvalue weighted by molar-refractivity contribution is 6.08. The Kier molecular flexibility index (Phi) is 4.14. The van der Waals surface area contributed by atoms with Gasteiger partial charge in [-0.05, 0) is 49.4 Å². The molecular weight excluding hydrogens is 373 g/mol. The minimum atomic E-state index is -4.62. The molecule has 1 amide bonds. The Morgan fingerprint density at radius 1 is 1.18 bits per heavy atom. The minimum absolute atomic E-state index is 0.0516. The van der Waals surface area contributed by atoms with Crippen LogP contribution >= 0.6 is 0 Å². The molecule has 1 N–H and O–H groups in total. The molecule has 28 heavy (non-hydrogen) atoms. The summed E-state index contributed by atoms with van der Waals surface area (Å²) in [7, 11) is 0. The highest BCUT2D eigenvalue weighted by Crippen LogP contribution is 2.29. The van der Waals surface area contributed by atoms with Gasteiger partial charge in [0.25, 0.3) is 5.91 Å². The molecule has 1 aromatic carbocycles. The zero-order chi connectivity index (χ0) is 19.9. The van der Waals surface area contributed by atoms with Crippen LogP contribution in [0, 0.1) is 6.92 Å². The van der Waals surface area contributed by atoms with E-state index in [1.54, 1.807) is 42.7 Å². The van der Waals surface area contributed by atoms with Gasteiger partial charge < -0.3 is 9.73 Å². The number of carbonyl (C=O) groups excluding carboxylic acids is 1. The van der Waals surface area contributed by atoms with Gasteiger partial charge >= 0.3 is 6.18 Å². The summed E-state index contributed by atoms with van der Waals surface area (Å²) >= 11 is 0. The number of hydrogen-bond acceptors (Lipinski definition) is 4. The second kappa shape index (κ2) is 6.52. The normalized spacial score (nSPS) is 11.7. The quantitative estimate of drug-likeness (QED) is 0.560. The predicted octanol–water partition coefficient (Wildman–Crippen LogP) is 4.57. The molecule has 0 spiro atoms. The Morgan fingerprint density at radius 2 is 1.93 bits per heavy atom. The zero-order valence-corrected chi connectivity index (χ0v) is 14.5. The van der Waals surface area contributed by atoms with E-state index in [0.717, 1.165) is 11.6 Å². The molecule has 0 aliphatic heterocycles. The molecule has 0 radical (unpaired) electrons. The summed E-state index contributed by atoms with van der Waals surface area (Å²) in [6.45, 7) is 1.46. The van der Waals surface area contributed by atoms with Gasteiger partial charge in [-0.2, -0.15) is 18.3 Å². The van der Waals surface area contributed by atoms with Crippen LogP contribution in [0.1, 0.15) is 21.7 Å². The third-order valence-electron chi connectivity index (χ3n) is 4.13. The van der Waals surface area contributed by atoms with Crippen LogP contribution in [-0.2, 0) is 6.18 Å². The first-order chi connectivity index (χ1) is 13.3. The first-order valence-corrected chi connectivity index (χ1v) is 8.21. The third kappa shape index (κ3) is 3.22. The van der Waals surface area contributed by atoms with E-state index in [1.807, 2.05) is 0 Å². The summed E-state index contributed by atoms with van der Waals surface area (Å²) in [5.74, 6) is 0.0758. The van der Waals surface area contributed by atoms with Crippen molar-refractivity contribution >= 4 is 17.2 Å². The number of nitrogens with zero attached hydrogens (tertiary/aromatic N) is 3. The van der Waals surface area contributed by atoms with Crippen molar-refractivity contribution in [3.05, 3.63) is 71.9 Å². The molecule has 9 heteroatoms. The lowest BCUT2D eigenvalue weighted by Gasteiger charge is -2.09. The molecule has 0 saturated carbocycles. The minimum Gasteiger partial charge on any atom is -0.464 e. The molecule has 0 fully saturated rings. The number of rotatable bonds is 3. The summed E-state index contributed by atoms with van der Waals surface area (Å²) in [4.78, 5) is 16.2. The van der Waals surface area contributed by atoms with E-state index in [4.69, 9.17) is 4.42 Å². The summed E-state index contributed by atoms with van der Waals surface area (Å²) in [5.41, 5.74) is 0.241. The summed E-state index contributed by atoms with van der Waals surface area (Å²) < 4.78 is 45.6. The van der Waals surface area contributed by atoms with Crippen molar-refractivity contribution in [2.45, 2.75) is 13.1 Å². The fraction of sp³-hybridized carbons (Fsp3) is 0.105. The largest absolute Gasteiger partial charge is 0.464 e. The second-order valence-electron chi connectivity index (χ2n) is 6.08. The Morgan fingerprint density at radius 3 is 2.57 bits per heavy atom. The smallest absolute Gasteiger partial charge is 0.433 e. The molecular formula is C19H13F3N4O2. The Bertz CT molecular complexity index is 1150. The predicted molar refractivity (Wildman–Crippen MR) is 94.8 cm³/mol. The zero-order valence-electron chi connectivity index (χ0n) is 14.5. The van der Waals surface area contributed by atoms with Crippen LogP contribution in [0.5, 0.6) is 0 Å². The maximum atomic E-state index is 13.0. The molecule has 3 heterocycles. The number of halogens is 3. The number of nitrogens with one attached hydrogen (secondary N) is 1. The van der Waals surface area contributed by atoms with Crippen LogP contribution in [0.2, 0.25) is 0 Å². The van der Waals surface area contributed by atoms with E-state index < -0.39 is 17.8 Å². The van der Waals surface area contributed by atoms with Crippen molar-refractivity contribution in [1.82, 2.24) is 14.6 Å². The molecule has 0 atom stereocenters. The van der Waals surface area contributed by atoms with Crippen LogP contribution < -0.4 is 5.32 Å². The lowest BCUT2D eigenvalue weighted by molar-refractivity contribution is -0.141. The molecule has 0 saturated heterocycles. The summed E-state index contributed by atoms with van der Waals surface area (Å²) in [6.07, 6.45) is -1.87. The molecule has 0 aliphatic carbocycles. The maximum absolute atomic E-state index is 13.0. The third-order valence-corrected chi connectivity index (χ3v) is 4.13. The van der Waals surface area contributed by atoms with Crippen molar-refractivity contribution in [1.29, 1.82) is 0 Å². The van der Waals surface area contributed by atoms with Gasteiger partial charge in [-0.15, -0.1) is 0 Å². The second-order valence-corrected chi connectivity index (χ2v) is 6.08. The molecule has 0 unspecified atom stereocenters. The fourth-order valence-corrected chi connectivity index (χ4v) is 2.78. The number of anilines is 1. The number of fused-ring (bicyclic) bond motifs is 1. The molecule has 0 bridgehead atoms. The SMILES string of the molecule is Cc1cc(C(F)(F)F)nc2c(C(=O)Nc3ccc(-c4ccco4)cc3)cnn12. The fourth-order valence-electron chi connectivity index (χ4n) is 2.78. The van der Waals surface area contributed by atoms with Gasteiger partial charge in [0.15, 0.2) is 5.65 Å². The molecule has 0 aliphatic rings. The van der Waals surface area contributed by atoms with Crippen molar-refractivity contribution in [3.63, 3.8) is 0 Å². The van der Waals surface area contributed by atoms with Gasteiger partial charge in [0.2, 0.25) is 0 Å². The molecule has 4 rings (SSSR count). The number of carbonyl (C=O) groups is 1. The van der Waals surface area contributed by atoms with Gasteiger partial charge in [0, 0.05) is 16.9 Å². The summed E-state index contributed by atoms with van der Waals surface area (Å²) in [5, 5.41) is 6.61. The number of alkyl halides is 3. The number of aryl methyl sites for hydroxylation is 1. The van der Waals surface area contributed by atoms with Crippen molar-refractivity contribution in [3.8, 4) is 11.3 Å². The van der Waals surface area contributed by atoms with E-state index in [0.29, 0.717) is 11.4 Å². The van der Waals surface area contributed by atoms with E-state index in [9.17, 15) is 18.0 Å².